The Bertz CT molecular complexity index is 2520. The Morgan fingerprint density at radius 2 is 1.09 bits per heavy atom. The van der Waals surface area contributed by atoms with Gasteiger partial charge in [-0.15, -0.1) is 0 Å². The molecule has 0 fully saturated rings. The van der Waals surface area contributed by atoms with Crippen molar-refractivity contribution in [3.8, 4) is 22.3 Å². The lowest BCUT2D eigenvalue weighted by Gasteiger charge is -2.27. The third kappa shape index (κ3) is 4.33. The van der Waals surface area contributed by atoms with Gasteiger partial charge in [-0.1, -0.05) is 127 Å². The molecule has 9 rings (SSSR count). The van der Waals surface area contributed by atoms with Crippen molar-refractivity contribution in [3.63, 3.8) is 0 Å². The number of benzene rings is 7. The molecule has 9 aromatic rings. The normalized spacial score (nSPS) is 11.5. The number of hydrogen-bond donors (Lipinski definition) is 0. The fraction of sp³-hybridized carbons (Fsp3) is 0. The maximum Gasteiger partial charge on any atom is 0.149 e. The molecule has 3 nitrogen and oxygen atoms in total. The van der Waals surface area contributed by atoms with E-state index in [1.807, 2.05) is 12.3 Å². The van der Waals surface area contributed by atoms with Crippen LogP contribution in [0.2, 0.25) is 0 Å². The summed E-state index contributed by atoms with van der Waals surface area (Å²) in [5, 5.41) is 6.70. The number of furan rings is 1. The van der Waals surface area contributed by atoms with Crippen molar-refractivity contribution in [1.82, 2.24) is 4.98 Å². The van der Waals surface area contributed by atoms with Crippen molar-refractivity contribution in [3.05, 3.63) is 170 Å². The molecule has 0 spiro atoms. The second kappa shape index (κ2) is 10.8. The van der Waals surface area contributed by atoms with Gasteiger partial charge in [0, 0.05) is 22.7 Å². The van der Waals surface area contributed by atoms with Gasteiger partial charge in [0.1, 0.15) is 17.0 Å². The van der Waals surface area contributed by atoms with Crippen LogP contribution in [0.5, 0.6) is 0 Å². The molecule has 0 saturated heterocycles. The maximum absolute atomic E-state index is 6.50. The molecule has 0 radical (unpaired) electrons. The molecule has 0 N–H and O–H groups in total. The predicted octanol–water partition coefficient (Wildman–Crippen LogP) is 12.1. The molecule has 216 valence electrons. The number of rotatable bonds is 5. The van der Waals surface area contributed by atoms with Crippen LogP contribution in [0.4, 0.5) is 17.2 Å². The van der Waals surface area contributed by atoms with E-state index in [9.17, 15) is 0 Å². The van der Waals surface area contributed by atoms with Crippen molar-refractivity contribution in [1.29, 1.82) is 0 Å². The van der Waals surface area contributed by atoms with E-state index in [1.54, 1.807) is 0 Å². The van der Waals surface area contributed by atoms with Gasteiger partial charge in [0.2, 0.25) is 0 Å². The summed E-state index contributed by atoms with van der Waals surface area (Å²) in [4.78, 5) is 7.39. The Kier molecular flexibility index (Phi) is 6.14. The first-order valence-electron chi connectivity index (χ1n) is 15.5. The smallest absolute Gasteiger partial charge is 0.149 e. The summed E-state index contributed by atoms with van der Waals surface area (Å²) >= 11 is 0. The number of hydrogen-bond acceptors (Lipinski definition) is 3. The summed E-state index contributed by atoms with van der Waals surface area (Å²) in [6.45, 7) is 0. The van der Waals surface area contributed by atoms with E-state index in [0.29, 0.717) is 0 Å². The molecule has 0 aliphatic carbocycles. The Morgan fingerprint density at radius 1 is 0.457 bits per heavy atom. The van der Waals surface area contributed by atoms with Gasteiger partial charge in [0.15, 0.2) is 0 Å². The largest absolute Gasteiger partial charge is 0.456 e. The topological polar surface area (TPSA) is 29.3 Å². The second-order valence-corrected chi connectivity index (χ2v) is 11.6. The average molecular weight is 589 g/mol. The highest BCUT2D eigenvalue weighted by molar-refractivity contribution is 6.16. The van der Waals surface area contributed by atoms with Crippen molar-refractivity contribution >= 4 is 60.7 Å². The zero-order chi connectivity index (χ0) is 30.5. The van der Waals surface area contributed by atoms with Gasteiger partial charge >= 0.3 is 0 Å². The Labute approximate surface area is 266 Å². The first-order valence-corrected chi connectivity index (χ1v) is 15.5. The molecule has 0 bridgehead atoms. The molecule has 0 amide bonds. The van der Waals surface area contributed by atoms with Crippen molar-refractivity contribution < 1.29 is 4.42 Å². The lowest BCUT2D eigenvalue weighted by molar-refractivity contribution is 0.669. The van der Waals surface area contributed by atoms with Crippen molar-refractivity contribution in [2.75, 3.05) is 4.90 Å². The van der Waals surface area contributed by atoms with E-state index in [4.69, 9.17) is 9.40 Å². The van der Waals surface area contributed by atoms with Crippen LogP contribution in [0, 0.1) is 0 Å². The van der Waals surface area contributed by atoms with Gasteiger partial charge < -0.3 is 4.42 Å². The molecule has 0 saturated carbocycles. The van der Waals surface area contributed by atoms with Gasteiger partial charge in [-0.2, -0.15) is 0 Å². The summed E-state index contributed by atoms with van der Waals surface area (Å²) in [6, 6.07) is 57.8. The molecule has 46 heavy (non-hydrogen) atoms. The van der Waals surface area contributed by atoms with Crippen LogP contribution in [0.1, 0.15) is 0 Å². The van der Waals surface area contributed by atoms with E-state index in [0.717, 1.165) is 49.9 Å². The van der Waals surface area contributed by atoms with Gasteiger partial charge in [0.25, 0.3) is 0 Å². The Morgan fingerprint density at radius 3 is 1.85 bits per heavy atom. The van der Waals surface area contributed by atoms with E-state index in [1.165, 1.54) is 33.0 Å². The molecule has 2 heterocycles. The van der Waals surface area contributed by atoms with Crippen LogP contribution >= 0.6 is 0 Å². The van der Waals surface area contributed by atoms with E-state index in [-0.39, 0.29) is 0 Å². The molecular weight excluding hydrogens is 560 g/mol. The highest BCUT2D eigenvalue weighted by Gasteiger charge is 2.23. The van der Waals surface area contributed by atoms with E-state index < -0.39 is 0 Å². The molecule has 0 aliphatic heterocycles. The minimum atomic E-state index is 0.812. The van der Waals surface area contributed by atoms with Gasteiger partial charge in [-0.25, -0.2) is 4.98 Å². The molecular formula is C43H28N2O. The number of fused-ring (bicyclic) bond motifs is 5. The zero-order valence-corrected chi connectivity index (χ0v) is 25.0. The number of anilines is 3. The number of aromatic nitrogens is 1. The highest BCUT2D eigenvalue weighted by Crippen LogP contribution is 2.46. The first kappa shape index (κ1) is 26.2. The van der Waals surface area contributed by atoms with Crippen LogP contribution < -0.4 is 4.90 Å². The summed E-state index contributed by atoms with van der Waals surface area (Å²) in [7, 11) is 0. The minimum absolute atomic E-state index is 0.812. The second-order valence-electron chi connectivity index (χ2n) is 11.6. The molecule has 7 aromatic carbocycles. The van der Waals surface area contributed by atoms with Crippen molar-refractivity contribution in [2.45, 2.75) is 0 Å². The van der Waals surface area contributed by atoms with Gasteiger partial charge in [-0.3, -0.25) is 4.90 Å². The maximum atomic E-state index is 6.50. The Hall–Kier alpha value is -6.19. The summed E-state index contributed by atoms with van der Waals surface area (Å²) in [5.41, 5.74) is 8.48. The van der Waals surface area contributed by atoms with Gasteiger partial charge in [-0.05, 0) is 74.8 Å². The average Bonchev–Trinajstić information content (AvgIpc) is 3.50. The molecule has 0 atom stereocenters. The van der Waals surface area contributed by atoms with E-state index >= 15 is 0 Å². The number of pyridine rings is 1. The minimum Gasteiger partial charge on any atom is -0.456 e. The van der Waals surface area contributed by atoms with E-state index in [2.05, 4.69) is 163 Å². The molecule has 3 heteroatoms. The van der Waals surface area contributed by atoms with Crippen LogP contribution in [-0.2, 0) is 0 Å². The third-order valence-electron chi connectivity index (χ3n) is 8.90. The molecule has 0 aliphatic rings. The van der Waals surface area contributed by atoms with Crippen LogP contribution in [0.3, 0.4) is 0 Å². The van der Waals surface area contributed by atoms with Crippen LogP contribution in [-0.4, -0.2) is 4.98 Å². The SMILES string of the molecule is c1ccc(-c2ccc(N(c3ccc(-c4ccccc4)c4ccccc34)c3nccc4oc5cc6ccccc6cc5c34)cc2)cc1. The first-order chi connectivity index (χ1) is 22.8. The molecule has 2 aromatic heterocycles. The fourth-order valence-corrected chi connectivity index (χ4v) is 6.72. The monoisotopic (exact) mass is 588 g/mol. The third-order valence-corrected chi connectivity index (χ3v) is 8.90. The van der Waals surface area contributed by atoms with Gasteiger partial charge in [0.05, 0.1) is 11.1 Å². The van der Waals surface area contributed by atoms with Crippen LogP contribution in [0.25, 0.3) is 65.7 Å². The summed E-state index contributed by atoms with van der Waals surface area (Å²) in [5.74, 6) is 0.830. The number of nitrogens with zero attached hydrogens (tertiary/aromatic N) is 2. The lowest BCUT2D eigenvalue weighted by Crippen LogP contribution is -2.12. The Balaban J connectivity index is 1.32. The lowest BCUT2D eigenvalue weighted by atomic mass is 9.96. The van der Waals surface area contributed by atoms with Crippen molar-refractivity contribution in [2.24, 2.45) is 0 Å². The van der Waals surface area contributed by atoms with Crippen LogP contribution in [0.15, 0.2) is 174 Å². The zero-order valence-electron chi connectivity index (χ0n) is 25.0. The summed E-state index contributed by atoms with van der Waals surface area (Å²) < 4.78 is 6.50. The molecule has 0 unspecified atom stereocenters. The predicted molar refractivity (Wildman–Crippen MR) is 192 cm³/mol. The standard InChI is InChI=1S/C43H28N2O/c1-3-11-29(12-4-1)30-19-21-34(22-20-30)45(39-24-23-35(31-13-5-2-6-14-31)36-17-9-10-18-37(36)39)43-42-38-27-32-15-7-8-16-33(32)28-41(38)46-40(42)25-26-44-43/h1-28H. The fourth-order valence-electron chi connectivity index (χ4n) is 6.72. The quantitative estimate of drug-likeness (QED) is 0.200. The highest BCUT2D eigenvalue weighted by atomic mass is 16.3. The summed E-state index contributed by atoms with van der Waals surface area (Å²) in [6.07, 6.45) is 1.85.